The summed E-state index contributed by atoms with van der Waals surface area (Å²) in [6.07, 6.45) is 14.5. The molecule has 1 fully saturated rings. The fourth-order valence-corrected chi connectivity index (χ4v) is 4.77. The van der Waals surface area contributed by atoms with Gasteiger partial charge in [-0.15, -0.1) is 0 Å². The third kappa shape index (κ3) is 6.28. The van der Waals surface area contributed by atoms with Gasteiger partial charge >= 0.3 is 0 Å². The molecule has 1 aliphatic rings. The van der Waals surface area contributed by atoms with Crippen molar-refractivity contribution in [3.63, 3.8) is 0 Å². The van der Waals surface area contributed by atoms with Crippen LogP contribution in [0.2, 0.25) is 0 Å². The van der Waals surface area contributed by atoms with E-state index in [1.807, 2.05) is 80.6 Å². The molecule has 1 N–H and O–H groups in total. The molecule has 1 atom stereocenters. The minimum absolute atomic E-state index is 0.530. The Labute approximate surface area is 209 Å². The van der Waals surface area contributed by atoms with Crippen molar-refractivity contribution in [2.45, 2.75) is 39.7 Å². The number of fused-ring (bicyclic) bond motifs is 1. The maximum absolute atomic E-state index is 12.2. The summed E-state index contributed by atoms with van der Waals surface area (Å²) in [7, 11) is -1.12. The highest BCUT2D eigenvalue weighted by atomic mass is 32.2. The summed E-state index contributed by atoms with van der Waals surface area (Å²) in [5, 5.41) is 10.9. The molecule has 3 aromatic rings. The third-order valence-corrected chi connectivity index (χ3v) is 6.93. The molecule has 0 bridgehead atoms. The van der Waals surface area contributed by atoms with Gasteiger partial charge in [0.15, 0.2) is 0 Å². The highest BCUT2D eigenvalue weighted by Gasteiger charge is 2.25. The van der Waals surface area contributed by atoms with Crippen molar-refractivity contribution in [3.05, 3.63) is 83.9 Å². The van der Waals surface area contributed by atoms with Crippen molar-refractivity contribution in [2.75, 3.05) is 5.75 Å². The monoisotopic (exact) mass is 486 g/mol. The Bertz CT molecular complexity index is 1330. The zero-order valence-corrected chi connectivity index (χ0v) is 20.9. The second kappa shape index (κ2) is 11.7. The van der Waals surface area contributed by atoms with E-state index >= 15 is 0 Å². The first kappa shape index (κ1) is 24.5. The van der Waals surface area contributed by atoms with Crippen LogP contribution in [0.4, 0.5) is 0 Å². The van der Waals surface area contributed by atoms with E-state index in [1.54, 1.807) is 6.20 Å². The average Bonchev–Trinajstić information content (AvgIpc) is 3.63. The molecular weight excluding hydrogens is 456 g/mol. The van der Waals surface area contributed by atoms with Crippen LogP contribution in [0.1, 0.15) is 44.4 Å². The Hall–Kier alpha value is -3.63. The van der Waals surface area contributed by atoms with Gasteiger partial charge in [0.05, 0.1) is 16.8 Å². The predicted octanol–water partition coefficient (Wildman–Crippen LogP) is 6.25. The Morgan fingerprint density at radius 2 is 2.20 bits per heavy atom. The van der Waals surface area contributed by atoms with E-state index in [4.69, 9.17) is 4.74 Å². The number of allylic oxidation sites excluding steroid dienone is 4. The molecule has 0 spiro atoms. The number of hydrogen-bond acceptors (Lipinski definition) is 4. The van der Waals surface area contributed by atoms with Crippen molar-refractivity contribution in [1.29, 1.82) is 5.26 Å². The Balaban J connectivity index is 1.71. The van der Waals surface area contributed by atoms with Crippen LogP contribution in [0.15, 0.2) is 72.6 Å². The van der Waals surface area contributed by atoms with Crippen LogP contribution in [0, 0.1) is 17.2 Å². The number of hydrogen-bond donors (Lipinski definition) is 1. The van der Waals surface area contributed by atoms with Gasteiger partial charge in [-0.2, -0.15) is 5.26 Å². The van der Waals surface area contributed by atoms with Gasteiger partial charge < -0.3 is 14.0 Å². The Kier molecular flexibility index (Phi) is 8.17. The van der Waals surface area contributed by atoms with Crippen molar-refractivity contribution >= 4 is 28.0 Å². The largest absolute Gasteiger partial charge is 0.439 e. The number of nitrogens with zero attached hydrogens (tertiary/aromatic N) is 3. The standard InChI is InChI=1S/C28H30N4O2S/c1-3-8-22(31-35(33)17-4-2)9-7-10-26-25(19-29)24-15-14-23(34-28-11-5-6-16-30-28)18-27(24)32(26)20-21-12-13-21/h3,5-11,14-16,18,21,31H,4,12-13,17,20H2,1-2H3/b8-3-,10-7+,22-9+. The van der Waals surface area contributed by atoms with E-state index in [0.717, 1.165) is 35.3 Å². The highest BCUT2D eigenvalue weighted by Crippen LogP contribution is 2.36. The van der Waals surface area contributed by atoms with Gasteiger partial charge in [-0.1, -0.05) is 25.1 Å². The topological polar surface area (TPSA) is 79.9 Å². The lowest BCUT2D eigenvalue weighted by molar-refractivity contribution is 0.463. The number of benzene rings is 1. The Morgan fingerprint density at radius 3 is 2.89 bits per heavy atom. The molecule has 1 aliphatic carbocycles. The van der Waals surface area contributed by atoms with Crippen LogP contribution < -0.4 is 9.46 Å². The molecule has 1 saturated carbocycles. The summed E-state index contributed by atoms with van der Waals surface area (Å²) in [6, 6.07) is 13.8. The van der Waals surface area contributed by atoms with Crippen LogP contribution in [0.5, 0.6) is 11.6 Å². The van der Waals surface area contributed by atoms with Crippen LogP contribution in [-0.2, 0) is 17.5 Å². The minimum atomic E-state index is -1.12. The zero-order valence-electron chi connectivity index (χ0n) is 20.1. The first-order chi connectivity index (χ1) is 17.1. The number of pyridine rings is 1. The maximum atomic E-state index is 12.2. The first-order valence-corrected chi connectivity index (χ1v) is 13.3. The SMILES string of the molecule is C\C=C/C(=C\C=C\c1c(C#N)c2ccc(Oc3ccccn3)cc2n1CC1CC1)NS(=O)CCC. The van der Waals surface area contributed by atoms with Crippen molar-refractivity contribution in [1.82, 2.24) is 14.3 Å². The van der Waals surface area contributed by atoms with Crippen LogP contribution in [0.3, 0.4) is 0 Å². The lowest BCUT2D eigenvalue weighted by atomic mass is 10.1. The molecule has 35 heavy (non-hydrogen) atoms. The maximum Gasteiger partial charge on any atom is 0.219 e. The van der Waals surface area contributed by atoms with E-state index < -0.39 is 11.0 Å². The molecular formula is C28H30N4O2S. The number of ether oxygens (including phenoxy) is 1. The van der Waals surface area contributed by atoms with Crippen LogP contribution >= 0.6 is 0 Å². The molecule has 4 rings (SSSR count). The lowest BCUT2D eigenvalue weighted by Crippen LogP contribution is -2.17. The smallest absolute Gasteiger partial charge is 0.219 e. The first-order valence-electron chi connectivity index (χ1n) is 11.9. The molecule has 180 valence electrons. The molecule has 0 saturated heterocycles. The van der Waals surface area contributed by atoms with E-state index in [9.17, 15) is 9.47 Å². The van der Waals surface area contributed by atoms with Crippen molar-refractivity contribution < 1.29 is 8.95 Å². The number of aromatic nitrogens is 2. The van der Waals surface area contributed by atoms with E-state index in [-0.39, 0.29) is 0 Å². The van der Waals surface area contributed by atoms with Crippen molar-refractivity contribution in [3.8, 4) is 17.7 Å². The summed E-state index contributed by atoms with van der Waals surface area (Å²) in [5.41, 5.74) is 3.26. The van der Waals surface area contributed by atoms with Gasteiger partial charge in [0.25, 0.3) is 0 Å². The third-order valence-electron chi connectivity index (χ3n) is 5.68. The zero-order chi connectivity index (χ0) is 24.6. The molecule has 2 aromatic heterocycles. The lowest BCUT2D eigenvalue weighted by Gasteiger charge is -2.09. The fourth-order valence-electron chi connectivity index (χ4n) is 3.90. The van der Waals surface area contributed by atoms with Crippen LogP contribution in [0.25, 0.3) is 17.0 Å². The molecule has 1 unspecified atom stereocenters. The molecule has 0 radical (unpaired) electrons. The quantitative estimate of drug-likeness (QED) is 0.325. The molecule has 0 aliphatic heterocycles. The van der Waals surface area contributed by atoms with E-state index in [1.165, 1.54) is 12.8 Å². The van der Waals surface area contributed by atoms with Gasteiger partial charge in [0.1, 0.15) is 22.8 Å². The second-order valence-electron chi connectivity index (χ2n) is 8.51. The molecule has 1 aromatic carbocycles. The summed E-state index contributed by atoms with van der Waals surface area (Å²) >= 11 is 0. The summed E-state index contributed by atoms with van der Waals surface area (Å²) in [4.78, 5) is 4.25. The molecule has 0 amide bonds. The summed E-state index contributed by atoms with van der Waals surface area (Å²) in [5.74, 6) is 2.43. The predicted molar refractivity (Wildman–Crippen MR) is 142 cm³/mol. The summed E-state index contributed by atoms with van der Waals surface area (Å²) < 4.78 is 23.4. The van der Waals surface area contributed by atoms with Gasteiger partial charge in [0.2, 0.25) is 5.88 Å². The highest BCUT2D eigenvalue weighted by molar-refractivity contribution is 7.83. The number of nitriles is 1. The van der Waals surface area contributed by atoms with Crippen molar-refractivity contribution in [2.24, 2.45) is 5.92 Å². The van der Waals surface area contributed by atoms with Gasteiger partial charge in [0, 0.05) is 41.7 Å². The molecule has 7 heteroatoms. The van der Waals surface area contributed by atoms with Gasteiger partial charge in [-0.3, -0.25) is 0 Å². The normalized spacial score (nSPS) is 15.1. The fraction of sp³-hybridized carbons (Fsp3) is 0.286. The minimum Gasteiger partial charge on any atom is -0.439 e. The molecule has 6 nitrogen and oxygen atoms in total. The van der Waals surface area contributed by atoms with Crippen LogP contribution in [-0.4, -0.2) is 19.5 Å². The van der Waals surface area contributed by atoms with E-state index in [0.29, 0.717) is 28.9 Å². The van der Waals surface area contributed by atoms with Gasteiger partial charge in [-0.05, 0) is 68.5 Å². The Morgan fingerprint density at radius 1 is 1.34 bits per heavy atom. The average molecular weight is 487 g/mol. The van der Waals surface area contributed by atoms with E-state index in [2.05, 4.69) is 20.3 Å². The number of rotatable bonds is 11. The van der Waals surface area contributed by atoms with Gasteiger partial charge in [-0.25, -0.2) is 9.19 Å². The summed E-state index contributed by atoms with van der Waals surface area (Å²) in [6.45, 7) is 4.79. The molecule has 2 heterocycles. The second-order valence-corrected chi connectivity index (χ2v) is 9.81. The number of nitrogens with one attached hydrogen (secondary N) is 1.